The lowest BCUT2D eigenvalue weighted by molar-refractivity contribution is 0.0956. The number of thioether (sulfide) groups is 1. The number of piperidine rings is 1. The second kappa shape index (κ2) is 9.83. The van der Waals surface area contributed by atoms with Gasteiger partial charge >= 0.3 is 0 Å². The van der Waals surface area contributed by atoms with Gasteiger partial charge in [-0.05, 0) is 55.1 Å². The Bertz CT molecular complexity index is 670. The van der Waals surface area contributed by atoms with Crippen molar-refractivity contribution < 1.29 is 9.21 Å². The molecule has 1 aliphatic heterocycles. The molecule has 3 rings (SSSR count). The summed E-state index contributed by atoms with van der Waals surface area (Å²) in [5.41, 5.74) is 2.02. The molecular formula is C21H28N2O2S. The molecule has 5 heteroatoms. The third kappa shape index (κ3) is 5.92. The van der Waals surface area contributed by atoms with Crippen LogP contribution < -0.4 is 5.32 Å². The predicted molar refractivity (Wildman–Crippen MR) is 107 cm³/mol. The Morgan fingerprint density at radius 3 is 2.88 bits per heavy atom. The average Bonchev–Trinajstić information content (AvgIpc) is 3.15. The first-order valence-corrected chi connectivity index (χ1v) is 10.6. The maximum absolute atomic E-state index is 12.2. The van der Waals surface area contributed by atoms with Crippen molar-refractivity contribution in [1.82, 2.24) is 10.2 Å². The third-order valence-corrected chi connectivity index (χ3v) is 5.70. The minimum Gasteiger partial charge on any atom is -0.468 e. The SMILES string of the molecule is C[C@H]1CCCN(Cc2ccc(C(=O)NCCSCc3ccco3)cc2)C1. The third-order valence-electron chi connectivity index (χ3n) is 4.72. The van der Waals surface area contributed by atoms with Gasteiger partial charge in [0.25, 0.3) is 5.91 Å². The number of carbonyl (C=O) groups excluding carboxylic acids is 1. The van der Waals surface area contributed by atoms with E-state index in [1.807, 2.05) is 24.3 Å². The molecule has 0 bridgehead atoms. The van der Waals surface area contributed by atoms with Crippen LogP contribution >= 0.6 is 11.8 Å². The molecule has 0 radical (unpaired) electrons. The van der Waals surface area contributed by atoms with Gasteiger partial charge in [-0.3, -0.25) is 9.69 Å². The van der Waals surface area contributed by atoms with Crippen molar-refractivity contribution in [3.8, 4) is 0 Å². The van der Waals surface area contributed by atoms with Crippen molar-refractivity contribution >= 4 is 17.7 Å². The van der Waals surface area contributed by atoms with E-state index in [2.05, 4.69) is 29.3 Å². The predicted octanol–water partition coefficient (Wildman–Crippen LogP) is 4.17. The van der Waals surface area contributed by atoms with E-state index in [-0.39, 0.29) is 5.91 Å². The van der Waals surface area contributed by atoms with Crippen LogP contribution in [0.2, 0.25) is 0 Å². The number of amides is 1. The van der Waals surface area contributed by atoms with Crippen LogP contribution in [-0.2, 0) is 12.3 Å². The highest BCUT2D eigenvalue weighted by Gasteiger charge is 2.16. The van der Waals surface area contributed by atoms with Gasteiger partial charge in [0.15, 0.2) is 0 Å². The van der Waals surface area contributed by atoms with Crippen molar-refractivity contribution in [1.29, 1.82) is 0 Å². The van der Waals surface area contributed by atoms with Crippen LogP contribution in [0.3, 0.4) is 0 Å². The Balaban J connectivity index is 1.37. The molecule has 1 amide bonds. The van der Waals surface area contributed by atoms with E-state index in [1.54, 1.807) is 18.0 Å². The van der Waals surface area contributed by atoms with Crippen molar-refractivity contribution in [2.75, 3.05) is 25.4 Å². The van der Waals surface area contributed by atoms with Gasteiger partial charge in [0.1, 0.15) is 5.76 Å². The smallest absolute Gasteiger partial charge is 0.251 e. The summed E-state index contributed by atoms with van der Waals surface area (Å²) in [5, 5.41) is 2.98. The molecule has 2 aromatic rings. The molecule has 1 aromatic carbocycles. The topological polar surface area (TPSA) is 45.5 Å². The van der Waals surface area contributed by atoms with Crippen LogP contribution in [0.5, 0.6) is 0 Å². The highest BCUT2D eigenvalue weighted by Crippen LogP contribution is 2.18. The van der Waals surface area contributed by atoms with Crippen LogP contribution in [0.25, 0.3) is 0 Å². The van der Waals surface area contributed by atoms with Gasteiger partial charge < -0.3 is 9.73 Å². The monoisotopic (exact) mass is 372 g/mol. The molecule has 2 heterocycles. The van der Waals surface area contributed by atoms with Gasteiger partial charge in [0.2, 0.25) is 0 Å². The Hall–Kier alpha value is -1.72. The quantitative estimate of drug-likeness (QED) is 0.706. The molecule has 1 aliphatic rings. The highest BCUT2D eigenvalue weighted by molar-refractivity contribution is 7.98. The molecule has 1 N–H and O–H groups in total. The second-order valence-corrected chi connectivity index (χ2v) is 8.17. The summed E-state index contributed by atoms with van der Waals surface area (Å²) in [6.07, 6.45) is 4.32. The molecular weight excluding hydrogens is 344 g/mol. The minimum absolute atomic E-state index is 0.00161. The van der Waals surface area contributed by atoms with Gasteiger partial charge in [-0.15, -0.1) is 0 Å². The first-order chi connectivity index (χ1) is 12.7. The number of hydrogen-bond donors (Lipinski definition) is 1. The average molecular weight is 373 g/mol. The maximum atomic E-state index is 12.2. The molecule has 1 aromatic heterocycles. The minimum atomic E-state index is 0.00161. The van der Waals surface area contributed by atoms with Crippen molar-refractivity contribution in [3.05, 3.63) is 59.5 Å². The fraction of sp³-hybridized carbons (Fsp3) is 0.476. The van der Waals surface area contributed by atoms with E-state index in [0.29, 0.717) is 6.54 Å². The van der Waals surface area contributed by atoms with Crippen molar-refractivity contribution in [2.45, 2.75) is 32.1 Å². The molecule has 0 unspecified atom stereocenters. The molecule has 1 atom stereocenters. The van der Waals surface area contributed by atoms with Crippen LogP contribution in [-0.4, -0.2) is 36.2 Å². The lowest BCUT2D eigenvalue weighted by Crippen LogP contribution is -2.33. The highest BCUT2D eigenvalue weighted by atomic mass is 32.2. The summed E-state index contributed by atoms with van der Waals surface area (Å²) in [4.78, 5) is 14.7. The molecule has 1 saturated heterocycles. The number of carbonyl (C=O) groups is 1. The Morgan fingerprint density at radius 2 is 2.15 bits per heavy atom. The normalized spacial score (nSPS) is 18.0. The van der Waals surface area contributed by atoms with Crippen LogP contribution in [0.1, 0.15) is 41.4 Å². The maximum Gasteiger partial charge on any atom is 0.251 e. The molecule has 4 nitrogen and oxygen atoms in total. The lowest BCUT2D eigenvalue weighted by Gasteiger charge is -2.30. The van der Waals surface area contributed by atoms with Crippen LogP contribution in [0.4, 0.5) is 0 Å². The van der Waals surface area contributed by atoms with Crippen LogP contribution in [0, 0.1) is 5.92 Å². The summed E-state index contributed by atoms with van der Waals surface area (Å²) < 4.78 is 5.29. The lowest BCUT2D eigenvalue weighted by atomic mass is 9.99. The van der Waals surface area contributed by atoms with Crippen molar-refractivity contribution in [2.24, 2.45) is 5.92 Å². The summed E-state index contributed by atoms with van der Waals surface area (Å²) in [5.74, 6) is 3.48. The van der Waals surface area contributed by atoms with Gasteiger partial charge in [-0.2, -0.15) is 11.8 Å². The van der Waals surface area contributed by atoms with E-state index < -0.39 is 0 Å². The standard InChI is InChI=1S/C21H28N2O2S/c1-17-4-2-11-23(14-17)15-18-6-8-19(9-7-18)21(24)22-10-13-26-16-20-5-3-12-25-20/h3,5-9,12,17H,2,4,10-11,13-16H2,1H3,(H,22,24)/t17-/m0/s1. The molecule has 26 heavy (non-hydrogen) atoms. The number of rotatable bonds is 8. The molecule has 1 fully saturated rings. The van der Waals surface area contributed by atoms with E-state index >= 15 is 0 Å². The first kappa shape index (κ1) is 19.1. The molecule has 0 spiro atoms. The number of furan rings is 1. The number of likely N-dealkylation sites (tertiary alicyclic amines) is 1. The van der Waals surface area contributed by atoms with Gasteiger partial charge in [-0.25, -0.2) is 0 Å². The largest absolute Gasteiger partial charge is 0.468 e. The molecule has 0 saturated carbocycles. The molecule has 140 valence electrons. The summed E-state index contributed by atoms with van der Waals surface area (Å²) in [7, 11) is 0. The molecule has 0 aliphatic carbocycles. The van der Waals surface area contributed by atoms with E-state index in [9.17, 15) is 4.79 Å². The van der Waals surface area contributed by atoms with Gasteiger partial charge in [-0.1, -0.05) is 19.1 Å². The number of benzene rings is 1. The number of nitrogens with zero attached hydrogens (tertiary/aromatic N) is 1. The Morgan fingerprint density at radius 1 is 1.31 bits per heavy atom. The number of hydrogen-bond acceptors (Lipinski definition) is 4. The Labute approximate surface area is 160 Å². The zero-order valence-corrected chi connectivity index (χ0v) is 16.3. The fourth-order valence-corrected chi connectivity index (χ4v) is 4.11. The fourth-order valence-electron chi connectivity index (χ4n) is 3.36. The van der Waals surface area contributed by atoms with Crippen LogP contribution in [0.15, 0.2) is 47.1 Å². The Kier molecular flexibility index (Phi) is 7.21. The summed E-state index contributed by atoms with van der Waals surface area (Å²) in [6, 6.07) is 11.9. The summed E-state index contributed by atoms with van der Waals surface area (Å²) >= 11 is 1.76. The second-order valence-electron chi connectivity index (χ2n) is 7.07. The number of nitrogens with one attached hydrogen (secondary N) is 1. The van der Waals surface area contributed by atoms with E-state index in [4.69, 9.17) is 4.42 Å². The van der Waals surface area contributed by atoms with Gasteiger partial charge in [0, 0.05) is 31.0 Å². The zero-order valence-electron chi connectivity index (χ0n) is 15.4. The summed E-state index contributed by atoms with van der Waals surface area (Å²) in [6.45, 7) is 6.33. The van der Waals surface area contributed by atoms with Crippen molar-refractivity contribution in [3.63, 3.8) is 0 Å². The first-order valence-electron chi connectivity index (χ1n) is 9.40. The van der Waals surface area contributed by atoms with E-state index in [1.165, 1.54) is 31.5 Å². The van der Waals surface area contributed by atoms with E-state index in [0.717, 1.165) is 35.3 Å². The zero-order chi connectivity index (χ0) is 18.2. The van der Waals surface area contributed by atoms with Gasteiger partial charge in [0.05, 0.1) is 12.0 Å².